The third-order valence-corrected chi connectivity index (χ3v) is 5.04. The van der Waals surface area contributed by atoms with Gasteiger partial charge < -0.3 is 4.90 Å². The molecule has 114 valence electrons. The maximum Gasteiger partial charge on any atom is 0.0399 e. The first-order valence-electron chi connectivity index (χ1n) is 8.52. The van der Waals surface area contributed by atoms with Crippen molar-refractivity contribution in [3.8, 4) is 0 Å². The Balaban J connectivity index is 1.23. The van der Waals surface area contributed by atoms with E-state index < -0.39 is 0 Å². The number of hydrogen-bond acceptors (Lipinski definition) is 2. The Hall–Kier alpha value is -1.80. The Labute approximate surface area is 133 Å². The molecule has 0 bridgehead atoms. The van der Waals surface area contributed by atoms with Crippen molar-refractivity contribution in [1.82, 2.24) is 4.90 Å². The molecule has 0 atom stereocenters. The monoisotopic (exact) mass is 292 g/mol. The summed E-state index contributed by atoms with van der Waals surface area (Å²) in [5, 5.41) is 0. The molecule has 0 amide bonds. The summed E-state index contributed by atoms with van der Waals surface area (Å²) in [7, 11) is 0. The van der Waals surface area contributed by atoms with E-state index in [1.807, 2.05) is 0 Å². The van der Waals surface area contributed by atoms with Gasteiger partial charge in [0.1, 0.15) is 0 Å². The second-order valence-electron chi connectivity index (χ2n) is 6.55. The molecular formula is C20H24N2. The lowest BCUT2D eigenvalue weighted by atomic mass is 10.1. The Morgan fingerprint density at radius 3 is 2.14 bits per heavy atom. The summed E-state index contributed by atoms with van der Waals surface area (Å²) in [6, 6.07) is 17.7. The second-order valence-corrected chi connectivity index (χ2v) is 6.55. The van der Waals surface area contributed by atoms with Gasteiger partial charge in [0.15, 0.2) is 0 Å². The van der Waals surface area contributed by atoms with Gasteiger partial charge in [-0.05, 0) is 48.6 Å². The van der Waals surface area contributed by atoms with E-state index in [4.69, 9.17) is 0 Å². The van der Waals surface area contributed by atoms with E-state index in [0.717, 1.165) is 13.1 Å². The highest BCUT2D eigenvalue weighted by atomic mass is 15.2. The molecular weight excluding hydrogens is 268 g/mol. The fraction of sp³-hybridized carbons (Fsp3) is 0.400. The number of unbranched alkanes of at least 4 members (excludes halogenated alkanes) is 1. The van der Waals surface area contributed by atoms with Crippen molar-refractivity contribution in [2.24, 2.45) is 0 Å². The quantitative estimate of drug-likeness (QED) is 0.772. The number of para-hydroxylation sites is 1. The van der Waals surface area contributed by atoms with Crippen molar-refractivity contribution in [3.05, 3.63) is 65.2 Å². The van der Waals surface area contributed by atoms with Crippen LogP contribution in [0.1, 0.15) is 29.5 Å². The van der Waals surface area contributed by atoms with E-state index in [9.17, 15) is 0 Å². The van der Waals surface area contributed by atoms with Gasteiger partial charge in [0.05, 0.1) is 0 Å². The number of anilines is 1. The molecule has 22 heavy (non-hydrogen) atoms. The number of hydrogen-bond donors (Lipinski definition) is 0. The SMILES string of the molecule is c1ccc2c(c1)CN(CCCCN1CCc3ccccc31)C2. The molecule has 4 rings (SSSR count). The number of fused-ring (bicyclic) bond motifs is 2. The van der Waals surface area contributed by atoms with Gasteiger partial charge in [-0.1, -0.05) is 42.5 Å². The van der Waals surface area contributed by atoms with Gasteiger partial charge in [-0.3, -0.25) is 4.90 Å². The van der Waals surface area contributed by atoms with Crippen LogP contribution in [0.2, 0.25) is 0 Å². The van der Waals surface area contributed by atoms with Crippen molar-refractivity contribution in [3.63, 3.8) is 0 Å². The molecule has 0 saturated carbocycles. The van der Waals surface area contributed by atoms with Crippen LogP contribution in [0.3, 0.4) is 0 Å². The fourth-order valence-electron chi connectivity index (χ4n) is 3.84. The zero-order valence-electron chi connectivity index (χ0n) is 13.2. The maximum atomic E-state index is 2.59. The van der Waals surface area contributed by atoms with Crippen LogP contribution in [0.15, 0.2) is 48.5 Å². The van der Waals surface area contributed by atoms with Crippen LogP contribution in [-0.2, 0) is 19.5 Å². The van der Waals surface area contributed by atoms with Gasteiger partial charge in [0, 0.05) is 31.9 Å². The summed E-state index contributed by atoms with van der Waals surface area (Å²) in [6.07, 6.45) is 3.81. The summed E-state index contributed by atoms with van der Waals surface area (Å²) in [4.78, 5) is 5.15. The molecule has 0 N–H and O–H groups in total. The molecule has 0 fully saturated rings. The predicted octanol–water partition coefficient (Wildman–Crippen LogP) is 3.85. The molecule has 2 aliphatic heterocycles. The molecule has 2 aromatic carbocycles. The lowest BCUT2D eigenvalue weighted by molar-refractivity contribution is 0.278. The lowest BCUT2D eigenvalue weighted by Crippen LogP contribution is -2.23. The van der Waals surface area contributed by atoms with E-state index in [2.05, 4.69) is 58.3 Å². The summed E-state index contributed by atoms with van der Waals surface area (Å²) in [5.41, 5.74) is 6.04. The van der Waals surface area contributed by atoms with Crippen LogP contribution < -0.4 is 4.90 Å². The molecule has 0 radical (unpaired) electrons. The molecule has 0 aliphatic carbocycles. The standard InChI is InChI=1S/C20H24N2/c1-2-9-19-16-21(15-18(19)8-1)12-5-6-13-22-14-11-17-7-3-4-10-20(17)22/h1-4,7-10H,5-6,11-16H2. The molecule has 0 spiro atoms. The third-order valence-electron chi connectivity index (χ3n) is 5.04. The first-order chi connectivity index (χ1) is 10.9. The highest BCUT2D eigenvalue weighted by Gasteiger charge is 2.19. The van der Waals surface area contributed by atoms with Gasteiger partial charge in [-0.25, -0.2) is 0 Å². The smallest absolute Gasteiger partial charge is 0.0399 e. The number of rotatable bonds is 5. The predicted molar refractivity (Wildman–Crippen MR) is 92.1 cm³/mol. The fourth-order valence-corrected chi connectivity index (χ4v) is 3.84. The normalized spacial score (nSPS) is 16.8. The van der Waals surface area contributed by atoms with Crippen LogP contribution in [0.4, 0.5) is 5.69 Å². The van der Waals surface area contributed by atoms with Crippen LogP contribution in [0.25, 0.3) is 0 Å². The van der Waals surface area contributed by atoms with E-state index in [1.165, 1.54) is 61.3 Å². The van der Waals surface area contributed by atoms with Crippen molar-refractivity contribution in [2.75, 3.05) is 24.5 Å². The minimum absolute atomic E-state index is 1.14. The van der Waals surface area contributed by atoms with E-state index in [0.29, 0.717) is 0 Å². The second kappa shape index (κ2) is 6.13. The molecule has 2 aromatic rings. The molecule has 2 aliphatic rings. The van der Waals surface area contributed by atoms with E-state index in [1.54, 1.807) is 0 Å². The zero-order valence-corrected chi connectivity index (χ0v) is 13.2. The summed E-state index contributed by atoms with van der Waals surface area (Å²) >= 11 is 0. The van der Waals surface area contributed by atoms with Crippen LogP contribution in [0.5, 0.6) is 0 Å². The summed E-state index contributed by atoms with van der Waals surface area (Å²) < 4.78 is 0. The molecule has 2 nitrogen and oxygen atoms in total. The Morgan fingerprint density at radius 1 is 0.727 bits per heavy atom. The average Bonchev–Trinajstić information content (AvgIpc) is 3.15. The topological polar surface area (TPSA) is 6.48 Å². The Kier molecular flexibility index (Phi) is 3.86. The Bertz CT molecular complexity index is 625. The Morgan fingerprint density at radius 2 is 1.36 bits per heavy atom. The summed E-state index contributed by atoms with van der Waals surface area (Å²) in [5.74, 6) is 0. The zero-order chi connectivity index (χ0) is 14.8. The highest BCUT2D eigenvalue weighted by Crippen LogP contribution is 2.27. The molecule has 2 heteroatoms. The summed E-state index contributed by atoms with van der Waals surface area (Å²) in [6.45, 7) is 5.92. The number of nitrogens with zero attached hydrogens (tertiary/aromatic N) is 2. The van der Waals surface area contributed by atoms with E-state index in [-0.39, 0.29) is 0 Å². The third kappa shape index (κ3) is 2.76. The van der Waals surface area contributed by atoms with Gasteiger partial charge in [0.25, 0.3) is 0 Å². The molecule has 2 heterocycles. The van der Waals surface area contributed by atoms with Crippen LogP contribution in [0, 0.1) is 0 Å². The van der Waals surface area contributed by atoms with Crippen molar-refractivity contribution >= 4 is 5.69 Å². The number of benzene rings is 2. The van der Waals surface area contributed by atoms with Crippen LogP contribution >= 0.6 is 0 Å². The van der Waals surface area contributed by atoms with Crippen molar-refractivity contribution in [1.29, 1.82) is 0 Å². The van der Waals surface area contributed by atoms with Crippen molar-refractivity contribution in [2.45, 2.75) is 32.4 Å². The minimum atomic E-state index is 1.14. The lowest BCUT2D eigenvalue weighted by Gasteiger charge is -2.20. The van der Waals surface area contributed by atoms with Crippen molar-refractivity contribution < 1.29 is 0 Å². The van der Waals surface area contributed by atoms with E-state index >= 15 is 0 Å². The minimum Gasteiger partial charge on any atom is -0.371 e. The molecule has 0 saturated heterocycles. The highest BCUT2D eigenvalue weighted by molar-refractivity contribution is 5.57. The van der Waals surface area contributed by atoms with Gasteiger partial charge in [-0.2, -0.15) is 0 Å². The first-order valence-corrected chi connectivity index (χ1v) is 8.52. The van der Waals surface area contributed by atoms with Gasteiger partial charge >= 0.3 is 0 Å². The van der Waals surface area contributed by atoms with Gasteiger partial charge in [0.2, 0.25) is 0 Å². The average molecular weight is 292 g/mol. The molecule has 0 aromatic heterocycles. The van der Waals surface area contributed by atoms with Gasteiger partial charge in [-0.15, -0.1) is 0 Å². The maximum absolute atomic E-state index is 2.59. The molecule has 0 unspecified atom stereocenters. The first kappa shape index (κ1) is 13.8. The largest absolute Gasteiger partial charge is 0.371 e. The van der Waals surface area contributed by atoms with Crippen LogP contribution in [-0.4, -0.2) is 24.5 Å².